The highest BCUT2D eigenvalue weighted by molar-refractivity contribution is 9.10. The molecule has 12 heteroatoms. The highest BCUT2D eigenvalue weighted by atomic mass is 79.9. The number of nitrogens with zero attached hydrogens (tertiary/aromatic N) is 1. The lowest BCUT2D eigenvalue weighted by Gasteiger charge is -2.29. The molecule has 0 spiro atoms. The minimum absolute atomic E-state index is 0.0216. The number of amides is 3. The number of rotatable bonds is 10. The third-order valence-corrected chi connectivity index (χ3v) is 11.3. The third-order valence-electron chi connectivity index (χ3n) is 8.14. The molecule has 3 atom stereocenters. The molecule has 1 unspecified atom stereocenters. The van der Waals surface area contributed by atoms with E-state index in [-0.39, 0.29) is 41.3 Å². The van der Waals surface area contributed by atoms with Crippen molar-refractivity contribution >= 4 is 60.9 Å². The summed E-state index contributed by atoms with van der Waals surface area (Å²) in [7, 11) is -4.01. The Balaban J connectivity index is 1.43. The number of sulfone groups is 1. The van der Waals surface area contributed by atoms with E-state index in [4.69, 9.17) is 11.6 Å². The summed E-state index contributed by atoms with van der Waals surface area (Å²) in [5, 5.41) is 4.25. The van der Waals surface area contributed by atoms with Crippen molar-refractivity contribution in [3.05, 3.63) is 63.6 Å². The number of ketones is 1. The van der Waals surface area contributed by atoms with Crippen LogP contribution in [0.1, 0.15) is 51.0 Å². The number of likely N-dealkylation sites (tertiary alicyclic amines) is 1. The number of halogens is 2. The largest absolute Gasteiger partial charge is 0.347 e. The van der Waals surface area contributed by atoms with E-state index >= 15 is 0 Å². The van der Waals surface area contributed by atoms with Gasteiger partial charge in [-0.3, -0.25) is 19.2 Å². The Morgan fingerprint density at radius 2 is 1.73 bits per heavy atom. The maximum absolute atomic E-state index is 14.1. The van der Waals surface area contributed by atoms with E-state index in [1.54, 1.807) is 19.1 Å². The van der Waals surface area contributed by atoms with Crippen LogP contribution >= 0.6 is 27.5 Å². The number of hydrogen-bond donors (Lipinski definition) is 2. The second-order valence-corrected chi connectivity index (χ2v) is 14.5. The van der Waals surface area contributed by atoms with Crippen LogP contribution in [0.2, 0.25) is 5.02 Å². The van der Waals surface area contributed by atoms with E-state index in [1.807, 2.05) is 24.3 Å². The van der Waals surface area contributed by atoms with E-state index < -0.39 is 50.2 Å². The van der Waals surface area contributed by atoms with Crippen molar-refractivity contribution < 1.29 is 27.6 Å². The maximum atomic E-state index is 14.1. The lowest BCUT2D eigenvalue weighted by Crippen LogP contribution is -2.54. The lowest BCUT2D eigenvalue weighted by atomic mass is 9.94. The average molecular weight is 665 g/mol. The van der Waals surface area contributed by atoms with Gasteiger partial charge in [-0.15, -0.1) is 0 Å². The molecule has 3 fully saturated rings. The van der Waals surface area contributed by atoms with Crippen LogP contribution in [0.15, 0.2) is 57.9 Å². The van der Waals surface area contributed by atoms with Gasteiger partial charge < -0.3 is 15.5 Å². The van der Waals surface area contributed by atoms with Gasteiger partial charge in [0, 0.05) is 17.1 Å². The highest BCUT2D eigenvalue weighted by Gasteiger charge is 2.57. The molecule has 5 rings (SSSR count). The minimum Gasteiger partial charge on any atom is -0.347 e. The zero-order valence-corrected chi connectivity index (χ0v) is 25.6. The Kier molecular flexibility index (Phi) is 8.33. The number of Topliss-reactive ketones (excluding diaryl/α,β-unsaturated/α-hetero) is 1. The van der Waals surface area contributed by atoms with Gasteiger partial charge in [0.15, 0.2) is 9.84 Å². The van der Waals surface area contributed by atoms with Crippen LogP contribution in [0, 0.1) is 0 Å². The Morgan fingerprint density at radius 3 is 2.32 bits per heavy atom. The van der Waals surface area contributed by atoms with E-state index in [9.17, 15) is 27.6 Å². The van der Waals surface area contributed by atoms with Crippen LogP contribution in [0.3, 0.4) is 0 Å². The molecule has 0 radical (unpaired) electrons. The molecule has 41 heavy (non-hydrogen) atoms. The summed E-state index contributed by atoms with van der Waals surface area (Å²) in [6, 6.07) is 11.2. The van der Waals surface area contributed by atoms with Gasteiger partial charge in [0.25, 0.3) is 5.91 Å². The molecule has 1 heterocycles. The molecule has 218 valence electrons. The Labute approximate surface area is 252 Å². The number of benzene rings is 2. The van der Waals surface area contributed by atoms with Gasteiger partial charge in [0.1, 0.15) is 6.04 Å². The highest BCUT2D eigenvalue weighted by Crippen LogP contribution is 2.51. The van der Waals surface area contributed by atoms with Crippen LogP contribution in [0.5, 0.6) is 0 Å². The predicted octanol–water partition coefficient (Wildman–Crippen LogP) is 3.32. The smallest absolute Gasteiger partial charge is 0.289 e. The van der Waals surface area contributed by atoms with Gasteiger partial charge >= 0.3 is 0 Å². The molecule has 3 amide bonds. The number of nitrogens with one attached hydrogen (secondary N) is 2. The van der Waals surface area contributed by atoms with Gasteiger partial charge in [-0.2, -0.15) is 0 Å². The summed E-state index contributed by atoms with van der Waals surface area (Å²) in [6.45, 7) is 1.47. The predicted molar refractivity (Wildman–Crippen MR) is 156 cm³/mol. The quantitative estimate of drug-likeness (QED) is 0.375. The summed E-state index contributed by atoms with van der Waals surface area (Å²) in [6.07, 6.45) is 2.74. The van der Waals surface area contributed by atoms with Crippen molar-refractivity contribution in [2.45, 2.75) is 79.1 Å². The standard InChI is InChI=1S/C29H31BrClN3O6S/c1-2-22(25(35)27(37)32-19-11-12-19)33-26(36)23-15-20(41(39,40)24-6-4-3-5-21(24)31)16-34(23)28(38)29(13-14-29)17-7-9-18(30)10-8-17/h3-10,19-20,22-23H,2,11-16H2,1H3,(H,32,37)(H,33,36)/t20-,22?,23+/m1/s1. The molecule has 2 saturated carbocycles. The molecule has 3 aliphatic rings. The minimum atomic E-state index is -4.01. The van der Waals surface area contributed by atoms with E-state index in [2.05, 4.69) is 26.6 Å². The molecular formula is C29H31BrClN3O6S. The van der Waals surface area contributed by atoms with Gasteiger partial charge in [-0.05, 0) is 68.4 Å². The number of carbonyl (C=O) groups is 4. The summed E-state index contributed by atoms with van der Waals surface area (Å²) in [5.74, 6) is -2.52. The van der Waals surface area contributed by atoms with Crippen LogP contribution in [-0.4, -0.2) is 66.7 Å². The van der Waals surface area contributed by atoms with Crippen molar-refractivity contribution in [2.75, 3.05) is 6.54 Å². The Morgan fingerprint density at radius 1 is 1.07 bits per heavy atom. The molecule has 0 aromatic heterocycles. The van der Waals surface area contributed by atoms with Crippen molar-refractivity contribution in [2.24, 2.45) is 0 Å². The van der Waals surface area contributed by atoms with Gasteiger partial charge in [-0.1, -0.05) is 58.7 Å². The monoisotopic (exact) mass is 663 g/mol. The molecule has 9 nitrogen and oxygen atoms in total. The molecule has 2 N–H and O–H groups in total. The molecule has 2 aliphatic carbocycles. The second-order valence-electron chi connectivity index (χ2n) is 11.0. The summed E-state index contributed by atoms with van der Waals surface area (Å²) in [5.41, 5.74) is -0.0625. The van der Waals surface area contributed by atoms with Crippen LogP contribution < -0.4 is 10.6 Å². The topological polar surface area (TPSA) is 130 Å². The summed E-state index contributed by atoms with van der Waals surface area (Å²) >= 11 is 9.64. The van der Waals surface area contributed by atoms with Crippen LogP contribution in [0.4, 0.5) is 0 Å². The fraction of sp³-hybridized carbons (Fsp3) is 0.448. The first-order chi connectivity index (χ1) is 19.5. The van der Waals surface area contributed by atoms with Crippen LogP contribution in [-0.2, 0) is 34.4 Å². The normalized spacial score (nSPS) is 22.1. The maximum Gasteiger partial charge on any atom is 0.289 e. The van der Waals surface area contributed by atoms with Crippen molar-refractivity contribution in [3.8, 4) is 0 Å². The van der Waals surface area contributed by atoms with Gasteiger partial charge in [-0.25, -0.2) is 8.42 Å². The molecule has 1 saturated heterocycles. The third kappa shape index (κ3) is 5.94. The van der Waals surface area contributed by atoms with Gasteiger partial charge in [0.2, 0.25) is 17.6 Å². The Hall–Kier alpha value is -2.76. The molecule has 2 aromatic carbocycles. The fourth-order valence-corrected chi connectivity index (χ4v) is 7.89. The van der Waals surface area contributed by atoms with E-state index in [0.29, 0.717) is 12.8 Å². The average Bonchev–Trinajstić information content (AvgIpc) is 3.89. The van der Waals surface area contributed by atoms with Crippen molar-refractivity contribution in [3.63, 3.8) is 0 Å². The summed E-state index contributed by atoms with van der Waals surface area (Å²) < 4.78 is 28.2. The zero-order valence-electron chi connectivity index (χ0n) is 22.4. The first-order valence-electron chi connectivity index (χ1n) is 13.7. The van der Waals surface area contributed by atoms with Gasteiger partial charge in [0.05, 0.1) is 26.6 Å². The first kappa shape index (κ1) is 29.7. The fourth-order valence-electron chi connectivity index (χ4n) is 5.41. The van der Waals surface area contributed by atoms with E-state index in [0.717, 1.165) is 22.9 Å². The zero-order chi connectivity index (χ0) is 29.5. The second kappa shape index (κ2) is 11.5. The molecule has 2 aromatic rings. The van der Waals surface area contributed by atoms with E-state index in [1.165, 1.54) is 17.0 Å². The number of hydrogen-bond acceptors (Lipinski definition) is 6. The lowest BCUT2D eigenvalue weighted by molar-refractivity contribution is -0.143. The molecule has 1 aliphatic heterocycles. The van der Waals surface area contributed by atoms with Crippen LogP contribution in [0.25, 0.3) is 0 Å². The SMILES string of the molecule is CCC(NC(=O)[C@@H]1C[C@@H](S(=O)(=O)c2ccccc2Cl)CN1C(=O)C1(c2ccc(Br)cc2)CC1)C(=O)C(=O)NC1CC1. The first-order valence-corrected chi connectivity index (χ1v) is 16.4. The Bertz CT molecular complexity index is 1490. The van der Waals surface area contributed by atoms with Crippen molar-refractivity contribution in [1.82, 2.24) is 15.5 Å². The molecular weight excluding hydrogens is 634 g/mol. The molecule has 0 bridgehead atoms. The summed E-state index contributed by atoms with van der Waals surface area (Å²) in [4.78, 5) is 54.3. The number of carbonyl (C=O) groups excluding carboxylic acids is 4. The van der Waals surface area contributed by atoms with Crippen molar-refractivity contribution in [1.29, 1.82) is 0 Å².